The van der Waals surface area contributed by atoms with Gasteiger partial charge in [0.1, 0.15) is 0 Å². The molecule has 1 fully saturated rings. The fourth-order valence-corrected chi connectivity index (χ4v) is 2.73. The first-order chi connectivity index (χ1) is 10.3. The van der Waals surface area contributed by atoms with Crippen LogP contribution in [0.4, 0.5) is 11.9 Å². The largest absolute Gasteiger partial charge is 0.357 e. The van der Waals surface area contributed by atoms with Gasteiger partial charge in [0, 0.05) is 26.0 Å². The van der Waals surface area contributed by atoms with E-state index >= 15 is 0 Å². The molecule has 2 N–H and O–H groups in total. The number of hydrogen-bond donors (Lipinski definition) is 2. The van der Waals surface area contributed by atoms with E-state index in [-0.39, 0.29) is 0 Å². The summed E-state index contributed by atoms with van der Waals surface area (Å²) >= 11 is 0. The van der Waals surface area contributed by atoms with Crippen LogP contribution in [0.5, 0.6) is 0 Å². The van der Waals surface area contributed by atoms with Gasteiger partial charge in [-0.25, -0.2) is 4.68 Å². The summed E-state index contributed by atoms with van der Waals surface area (Å²) in [5.74, 6) is 2.51. The molecule has 1 aliphatic rings. The highest BCUT2D eigenvalue weighted by Crippen LogP contribution is 2.27. The van der Waals surface area contributed by atoms with Crippen LogP contribution in [0.3, 0.4) is 0 Å². The number of aromatic nitrogens is 5. The average Bonchev–Trinajstić information content (AvgIpc) is 3.20. The maximum absolute atomic E-state index is 4.42. The summed E-state index contributed by atoms with van der Waals surface area (Å²) in [7, 11) is 1.80. The zero-order valence-electron chi connectivity index (χ0n) is 12.3. The summed E-state index contributed by atoms with van der Waals surface area (Å²) in [5, 5.41) is 10.4. The molecular formula is C14H21N7. The Morgan fingerprint density at radius 2 is 2.00 bits per heavy atom. The van der Waals surface area contributed by atoms with Gasteiger partial charge in [-0.15, -0.1) is 0 Å². The molecule has 0 atom stereocenters. The van der Waals surface area contributed by atoms with Gasteiger partial charge in [-0.1, -0.05) is 25.7 Å². The molecule has 0 radical (unpaired) electrons. The van der Waals surface area contributed by atoms with Gasteiger partial charge in [0.2, 0.25) is 11.9 Å². The van der Waals surface area contributed by atoms with E-state index < -0.39 is 0 Å². The zero-order chi connectivity index (χ0) is 14.5. The first kappa shape index (κ1) is 13.8. The molecule has 2 heterocycles. The quantitative estimate of drug-likeness (QED) is 0.847. The molecule has 0 bridgehead atoms. The maximum Gasteiger partial charge on any atom is 0.257 e. The van der Waals surface area contributed by atoms with Crippen LogP contribution < -0.4 is 10.6 Å². The van der Waals surface area contributed by atoms with Gasteiger partial charge in [-0.05, 0) is 18.4 Å². The minimum Gasteiger partial charge on any atom is -0.357 e. The molecule has 0 unspecified atom stereocenters. The third-order valence-electron chi connectivity index (χ3n) is 3.87. The number of rotatable bonds is 6. The number of nitrogens with one attached hydrogen (secondary N) is 2. The fourth-order valence-electron chi connectivity index (χ4n) is 2.73. The van der Waals surface area contributed by atoms with Crippen LogP contribution in [0.1, 0.15) is 32.1 Å². The summed E-state index contributed by atoms with van der Waals surface area (Å²) in [6.45, 7) is 0.899. The fraction of sp³-hybridized carbons (Fsp3) is 0.571. The Hall–Kier alpha value is -2.18. The first-order valence-electron chi connectivity index (χ1n) is 7.53. The lowest BCUT2D eigenvalue weighted by Crippen LogP contribution is -2.13. The Morgan fingerprint density at radius 3 is 2.71 bits per heavy atom. The van der Waals surface area contributed by atoms with E-state index in [4.69, 9.17) is 0 Å². The predicted molar refractivity (Wildman–Crippen MR) is 81.6 cm³/mol. The van der Waals surface area contributed by atoms with Crippen molar-refractivity contribution in [3.8, 4) is 5.95 Å². The van der Waals surface area contributed by atoms with E-state index in [1.165, 1.54) is 32.1 Å². The zero-order valence-corrected chi connectivity index (χ0v) is 12.3. The third-order valence-corrected chi connectivity index (χ3v) is 3.87. The van der Waals surface area contributed by atoms with Gasteiger partial charge < -0.3 is 10.6 Å². The van der Waals surface area contributed by atoms with E-state index in [0.717, 1.165) is 12.5 Å². The Labute approximate surface area is 124 Å². The summed E-state index contributed by atoms with van der Waals surface area (Å²) in [6.07, 6.45) is 10.2. The van der Waals surface area contributed by atoms with E-state index in [0.29, 0.717) is 17.8 Å². The van der Waals surface area contributed by atoms with E-state index in [9.17, 15) is 0 Å². The van der Waals surface area contributed by atoms with Crippen LogP contribution in [0.15, 0.2) is 18.5 Å². The summed E-state index contributed by atoms with van der Waals surface area (Å²) in [5.41, 5.74) is 0. The topological polar surface area (TPSA) is 80.5 Å². The average molecular weight is 287 g/mol. The van der Waals surface area contributed by atoms with Crippen LogP contribution in [-0.4, -0.2) is 38.3 Å². The van der Waals surface area contributed by atoms with E-state index in [1.807, 2.05) is 12.3 Å². The van der Waals surface area contributed by atoms with Crippen molar-refractivity contribution in [3.05, 3.63) is 18.5 Å². The van der Waals surface area contributed by atoms with Crippen molar-refractivity contribution >= 4 is 11.9 Å². The number of hydrogen-bond acceptors (Lipinski definition) is 6. The molecule has 0 aliphatic heterocycles. The monoisotopic (exact) mass is 287 g/mol. The maximum atomic E-state index is 4.42. The molecule has 7 heteroatoms. The first-order valence-corrected chi connectivity index (χ1v) is 7.53. The highest BCUT2D eigenvalue weighted by Gasteiger charge is 2.14. The number of nitrogens with zero attached hydrogens (tertiary/aromatic N) is 5. The summed E-state index contributed by atoms with van der Waals surface area (Å²) < 4.78 is 1.63. The molecule has 0 saturated heterocycles. The molecule has 112 valence electrons. The lowest BCUT2D eigenvalue weighted by atomic mass is 10.0. The minimum atomic E-state index is 0.516. The molecule has 21 heavy (non-hydrogen) atoms. The van der Waals surface area contributed by atoms with Crippen LogP contribution in [-0.2, 0) is 0 Å². The molecule has 1 aliphatic carbocycles. The second kappa shape index (κ2) is 6.51. The molecule has 0 aromatic carbocycles. The van der Waals surface area contributed by atoms with Crippen LogP contribution in [0.25, 0.3) is 5.95 Å². The molecule has 1 saturated carbocycles. The van der Waals surface area contributed by atoms with E-state index in [1.54, 1.807) is 17.9 Å². The lowest BCUT2D eigenvalue weighted by Gasteiger charge is -2.11. The molecule has 0 spiro atoms. The van der Waals surface area contributed by atoms with E-state index in [2.05, 4.69) is 30.7 Å². The van der Waals surface area contributed by atoms with Crippen molar-refractivity contribution in [1.29, 1.82) is 0 Å². The lowest BCUT2D eigenvalue weighted by molar-refractivity contribution is 0.518. The molecule has 3 rings (SSSR count). The smallest absolute Gasteiger partial charge is 0.257 e. The SMILES string of the molecule is CNc1nc(NCCC2CCCC2)nc(-n2cccn2)n1. The summed E-state index contributed by atoms with van der Waals surface area (Å²) in [6, 6.07) is 1.84. The normalized spacial score (nSPS) is 15.3. The molecular weight excluding hydrogens is 266 g/mol. The van der Waals surface area contributed by atoms with Crippen LogP contribution >= 0.6 is 0 Å². The summed E-state index contributed by atoms with van der Waals surface area (Å²) in [4.78, 5) is 13.1. The Morgan fingerprint density at radius 1 is 1.19 bits per heavy atom. The Bertz CT molecular complexity index is 561. The molecule has 0 amide bonds. The predicted octanol–water partition coefficient (Wildman–Crippen LogP) is 2.09. The van der Waals surface area contributed by atoms with Crippen LogP contribution in [0.2, 0.25) is 0 Å². The standard InChI is InChI=1S/C14H21N7/c1-15-12-18-13(16-9-7-11-5-2-3-6-11)20-14(19-12)21-10-4-8-17-21/h4,8,10-11H,2-3,5-7,9H2,1H3,(H2,15,16,18,19,20). The van der Waals surface area contributed by atoms with Gasteiger partial charge in [-0.2, -0.15) is 20.1 Å². The molecule has 2 aromatic heterocycles. The molecule has 7 nitrogen and oxygen atoms in total. The highest BCUT2D eigenvalue weighted by molar-refractivity contribution is 5.37. The third kappa shape index (κ3) is 3.48. The van der Waals surface area contributed by atoms with Crippen molar-refractivity contribution in [2.24, 2.45) is 5.92 Å². The minimum absolute atomic E-state index is 0.516. The second-order valence-electron chi connectivity index (χ2n) is 5.35. The van der Waals surface area contributed by atoms with Gasteiger partial charge >= 0.3 is 0 Å². The van der Waals surface area contributed by atoms with Crippen molar-refractivity contribution in [3.63, 3.8) is 0 Å². The van der Waals surface area contributed by atoms with Crippen molar-refractivity contribution < 1.29 is 0 Å². The Balaban J connectivity index is 1.67. The van der Waals surface area contributed by atoms with Crippen LogP contribution in [0, 0.1) is 5.92 Å². The second-order valence-corrected chi connectivity index (χ2v) is 5.35. The van der Waals surface area contributed by atoms with Gasteiger partial charge in [0.05, 0.1) is 0 Å². The van der Waals surface area contributed by atoms with Gasteiger partial charge in [0.15, 0.2) is 0 Å². The molecule has 2 aromatic rings. The van der Waals surface area contributed by atoms with Crippen molar-refractivity contribution in [1.82, 2.24) is 24.7 Å². The van der Waals surface area contributed by atoms with Gasteiger partial charge in [-0.3, -0.25) is 0 Å². The number of anilines is 2. The highest BCUT2D eigenvalue weighted by atomic mass is 15.4. The van der Waals surface area contributed by atoms with Crippen molar-refractivity contribution in [2.45, 2.75) is 32.1 Å². The Kier molecular flexibility index (Phi) is 4.28. The van der Waals surface area contributed by atoms with Crippen molar-refractivity contribution in [2.75, 3.05) is 24.2 Å². The van der Waals surface area contributed by atoms with Gasteiger partial charge in [0.25, 0.3) is 5.95 Å².